The molecular formula is C46H57NO14. The summed E-state index contributed by atoms with van der Waals surface area (Å²) in [5, 5.41) is 40.4. The lowest BCUT2D eigenvalue weighted by atomic mass is 9.42. The molecule has 0 spiro atoms. The van der Waals surface area contributed by atoms with Crippen molar-refractivity contribution < 1.29 is 67.7 Å². The fourth-order valence-electron chi connectivity index (χ4n) is 11.0. The number of nitrogens with one attached hydrogen (secondary N) is 1. The number of carbonyl (C=O) groups excluding carboxylic acids is 5. The van der Waals surface area contributed by atoms with Crippen LogP contribution < -0.4 is 5.32 Å². The summed E-state index contributed by atoms with van der Waals surface area (Å²) in [4.78, 5) is 67.4. The number of fused-ring (bicyclic) bond motifs is 8. The molecule has 5 aliphatic rings. The van der Waals surface area contributed by atoms with Gasteiger partial charge in [0.05, 0.1) is 36.3 Å². The number of aliphatic hydroxyl groups excluding tert-OH is 2. The second-order valence-corrected chi connectivity index (χ2v) is 19.0. The van der Waals surface area contributed by atoms with Crippen molar-refractivity contribution in [3.63, 3.8) is 0 Å². The zero-order chi connectivity index (χ0) is 44.4. The summed E-state index contributed by atoms with van der Waals surface area (Å²) in [6, 6.07) is 15.1. The minimum Gasteiger partial charge on any atom is -0.456 e. The van der Waals surface area contributed by atoms with Crippen LogP contribution in [-0.4, -0.2) is 112 Å². The van der Waals surface area contributed by atoms with Gasteiger partial charge >= 0.3 is 24.0 Å². The smallest absolute Gasteiger partial charge is 0.408 e. The number of aliphatic hydroxyl groups is 3. The Labute approximate surface area is 355 Å². The molecule has 0 aromatic heterocycles. The summed E-state index contributed by atoms with van der Waals surface area (Å²) in [5.41, 5.74) is -5.91. The number of hydrogen-bond acceptors (Lipinski definition) is 14. The molecule has 2 saturated carbocycles. The SMILES string of the molecule is CC(=O)O[C@@]12COC1C[C@H](O)[C@@]1(C)C3CC(C=O)O[C@@H]3C3=C(C)[C@@H](OC(=O)[C@H](O)[C@@H](NC(=O)OC(C)(C)C)c4ccccc4)C[C@@](O)([C@@H](OC(=O)c4ccccc4)[C@@H]12)C3(C)C. The number of ether oxygens (including phenoxy) is 6. The highest BCUT2D eigenvalue weighted by molar-refractivity contribution is 5.89. The van der Waals surface area contributed by atoms with Gasteiger partial charge in [0.2, 0.25) is 0 Å². The highest BCUT2D eigenvalue weighted by Gasteiger charge is 2.78. The van der Waals surface area contributed by atoms with Crippen molar-refractivity contribution in [3.05, 3.63) is 82.9 Å². The lowest BCUT2D eigenvalue weighted by Crippen LogP contribution is -2.81. The molecule has 15 heteroatoms. The largest absolute Gasteiger partial charge is 0.456 e. The number of hydrogen-bond donors (Lipinski definition) is 4. The van der Waals surface area contributed by atoms with Crippen LogP contribution in [0.15, 0.2) is 71.8 Å². The van der Waals surface area contributed by atoms with Gasteiger partial charge in [0.1, 0.15) is 41.9 Å². The van der Waals surface area contributed by atoms with E-state index in [0.717, 1.165) is 0 Å². The number of rotatable bonds is 9. The Hall–Kier alpha value is -4.67. The average molecular weight is 848 g/mol. The molecule has 1 amide bonds. The van der Waals surface area contributed by atoms with Gasteiger partial charge in [0.15, 0.2) is 11.7 Å². The van der Waals surface area contributed by atoms with Crippen molar-refractivity contribution in [2.45, 2.75) is 140 Å². The maximum Gasteiger partial charge on any atom is 0.408 e. The van der Waals surface area contributed by atoms with Crippen LogP contribution in [0.5, 0.6) is 0 Å². The summed E-state index contributed by atoms with van der Waals surface area (Å²) < 4.78 is 37.0. The molecule has 4 fully saturated rings. The molecular weight excluding hydrogens is 790 g/mol. The Morgan fingerprint density at radius 1 is 0.967 bits per heavy atom. The quantitative estimate of drug-likeness (QED) is 0.120. The van der Waals surface area contributed by atoms with E-state index in [0.29, 0.717) is 23.0 Å². The van der Waals surface area contributed by atoms with Crippen LogP contribution in [0.4, 0.5) is 4.79 Å². The number of esters is 3. The molecule has 330 valence electrons. The standard InChI is InChI=1S/C46H57NO14/c1-24-30(58-40(53)35(51)34(26-15-11-9-12-16-26)47-41(54)61-42(3,4)5)21-46(55)38(59-39(52)27-17-13-10-14-18-27)37-44(8,31(50)20-32-45(37,23-56-32)60-25(2)49)29-19-28(22-48)57-36(29)33(24)43(46,6)7/h9-18,22,28-32,34-38,50-51,55H,19-21,23H2,1-8H3,(H,47,54)/t28?,29?,30-,31-,32?,34-,35+,36-,37-,38-,44+,45-,46+/m0/s1. The normalized spacial score (nSPS) is 35.9. The van der Waals surface area contributed by atoms with Gasteiger partial charge in [0.25, 0.3) is 0 Å². The van der Waals surface area contributed by atoms with Crippen molar-refractivity contribution in [3.8, 4) is 0 Å². The van der Waals surface area contributed by atoms with E-state index >= 15 is 0 Å². The van der Waals surface area contributed by atoms with Crippen LogP contribution in [0.3, 0.4) is 0 Å². The maximum atomic E-state index is 14.4. The van der Waals surface area contributed by atoms with E-state index in [9.17, 15) is 39.3 Å². The summed E-state index contributed by atoms with van der Waals surface area (Å²) in [5.74, 6) is -4.50. The molecule has 61 heavy (non-hydrogen) atoms. The lowest BCUT2D eigenvalue weighted by molar-refractivity contribution is -0.359. The first kappa shape index (κ1) is 44.4. The summed E-state index contributed by atoms with van der Waals surface area (Å²) in [6.45, 7) is 13.1. The van der Waals surface area contributed by atoms with Gasteiger partial charge < -0.3 is 53.9 Å². The molecule has 4 N–H and O–H groups in total. The molecule has 2 bridgehead atoms. The Bertz CT molecular complexity index is 2070. The van der Waals surface area contributed by atoms with Crippen LogP contribution in [0, 0.1) is 22.7 Å². The monoisotopic (exact) mass is 847 g/mol. The van der Waals surface area contributed by atoms with E-state index in [4.69, 9.17) is 28.4 Å². The third-order valence-corrected chi connectivity index (χ3v) is 14.0. The summed E-state index contributed by atoms with van der Waals surface area (Å²) >= 11 is 0. The van der Waals surface area contributed by atoms with Crippen molar-refractivity contribution in [1.29, 1.82) is 0 Å². The number of alkyl carbamates (subject to hydrolysis) is 1. The molecule has 2 aliphatic heterocycles. The van der Waals surface area contributed by atoms with Gasteiger partial charge in [-0.2, -0.15) is 0 Å². The summed E-state index contributed by atoms with van der Waals surface area (Å²) in [7, 11) is 0. The molecule has 13 atom stereocenters. The third-order valence-electron chi connectivity index (χ3n) is 14.0. The minimum absolute atomic E-state index is 0.0342. The molecule has 3 unspecified atom stereocenters. The second kappa shape index (κ2) is 15.9. The Morgan fingerprint density at radius 3 is 2.18 bits per heavy atom. The van der Waals surface area contributed by atoms with Gasteiger partial charge in [-0.3, -0.25) is 4.79 Å². The van der Waals surface area contributed by atoms with Crippen LogP contribution in [0.1, 0.15) is 96.6 Å². The first-order valence-corrected chi connectivity index (χ1v) is 20.8. The third kappa shape index (κ3) is 7.45. The maximum absolute atomic E-state index is 14.4. The molecule has 2 heterocycles. The van der Waals surface area contributed by atoms with Crippen LogP contribution in [0.2, 0.25) is 0 Å². The second-order valence-electron chi connectivity index (χ2n) is 19.0. The van der Waals surface area contributed by atoms with E-state index in [1.165, 1.54) is 6.92 Å². The van der Waals surface area contributed by atoms with Gasteiger partial charge in [-0.1, -0.05) is 69.3 Å². The van der Waals surface area contributed by atoms with Crippen LogP contribution in [0.25, 0.3) is 0 Å². The molecule has 2 aromatic rings. The molecule has 15 nitrogen and oxygen atoms in total. The van der Waals surface area contributed by atoms with Gasteiger partial charge in [-0.15, -0.1) is 0 Å². The van der Waals surface area contributed by atoms with Gasteiger partial charge in [0, 0.05) is 36.5 Å². The van der Waals surface area contributed by atoms with E-state index in [1.54, 1.807) is 109 Å². The van der Waals surface area contributed by atoms with Crippen LogP contribution >= 0.6 is 0 Å². The Kier molecular flexibility index (Phi) is 11.6. The van der Waals surface area contributed by atoms with Gasteiger partial charge in [-0.05, 0) is 63.0 Å². The number of benzene rings is 2. The molecule has 2 aromatic carbocycles. The van der Waals surface area contributed by atoms with Crippen molar-refractivity contribution in [2.75, 3.05) is 6.61 Å². The highest BCUT2D eigenvalue weighted by atomic mass is 16.6. The first-order chi connectivity index (χ1) is 28.6. The predicted molar refractivity (Wildman–Crippen MR) is 215 cm³/mol. The fourth-order valence-corrected chi connectivity index (χ4v) is 11.0. The zero-order valence-electron chi connectivity index (χ0n) is 35.8. The number of amides is 1. The topological polar surface area (TPSA) is 213 Å². The zero-order valence-corrected chi connectivity index (χ0v) is 35.8. The molecule has 0 radical (unpaired) electrons. The van der Waals surface area contributed by atoms with E-state index < -0.39 is 119 Å². The molecule has 7 rings (SSSR count). The lowest BCUT2D eigenvalue weighted by Gasteiger charge is -2.69. The van der Waals surface area contributed by atoms with Crippen molar-refractivity contribution in [1.82, 2.24) is 5.32 Å². The average Bonchev–Trinajstić information content (AvgIpc) is 3.62. The van der Waals surface area contributed by atoms with E-state index in [1.807, 2.05) is 0 Å². The van der Waals surface area contributed by atoms with E-state index in [2.05, 4.69) is 5.32 Å². The van der Waals surface area contributed by atoms with Crippen molar-refractivity contribution in [2.24, 2.45) is 22.7 Å². The fraction of sp³-hybridized carbons (Fsp3) is 0.587. The van der Waals surface area contributed by atoms with Crippen LogP contribution in [-0.2, 0) is 42.8 Å². The molecule has 3 aliphatic carbocycles. The first-order valence-electron chi connectivity index (χ1n) is 20.8. The van der Waals surface area contributed by atoms with E-state index in [-0.39, 0.29) is 25.0 Å². The molecule has 2 saturated heterocycles. The van der Waals surface area contributed by atoms with Gasteiger partial charge in [-0.25, -0.2) is 14.4 Å². The Morgan fingerprint density at radius 2 is 1.61 bits per heavy atom. The Balaban J connectivity index is 1.39. The minimum atomic E-state index is -2.19. The summed E-state index contributed by atoms with van der Waals surface area (Å²) in [6.07, 6.45) is -9.31. The van der Waals surface area contributed by atoms with Crippen molar-refractivity contribution >= 4 is 30.3 Å². The number of carbonyl (C=O) groups is 5. The number of aldehydes is 1. The predicted octanol–water partition coefficient (Wildman–Crippen LogP) is 4.30. The highest BCUT2D eigenvalue weighted by Crippen LogP contribution is 2.68.